The van der Waals surface area contributed by atoms with E-state index in [1.807, 2.05) is 67.7 Å². The Hall–Kier alpha value is -4.12. The summed E-state index contributed by atoms with van der Waals surface area (Å²) in [6, 6.07) is 24.1. The van der Waals surface area contributed by atoms with Gasteiger partial charge in [0.05, 0.1) is 0 Å². The first-order chi connectivity index (χ1) is 14.6. The smallest absolute Gasteiger partial charge is 0.272 e. The molecule has 5 nitrogen and oxygen atoms in total. The predicted octanol–water partition coefficient (Wildman–Crippen LogP) is 4.89. The maximum Gasteiger partial charge on any atom is 0.272 e. The van der Waals surface area contributed by atoms with Gasteiger partial charge in [0.25, 0.3) is 11.8 Å². The minimum Gasteiger partial charge on any atom is -0.361 e. The lowest BCUT2D eigenvalue weighted by molar-refractivity contribution is -0.113. The number of hydrogen-bond acceptors (Lipinski definition) is 2. The quantitative estimate of drug-likeness (QED) is 0.421. The molecule has 3 aromatic carbocycles. The number of aromatic nitrogens is 1. The molecule has 0 saturated heterocycles. The summed E-state index contributed by atoms with van der Waals surface area (Å²) in [5.41, 5.74) is 4.16. The second kappa shape index (κ2) is 8.49. The molecule has 2 amide bonds. The summed E-state index contributed by atoms with van der Waals surface area (Å²) in [4.78, 5) is 28.9. The van der Waals surface area contributed by atoms with Crippen molar-refractivity contribution in [3.05, 3.63) is 107 Å². The summed E-state index contributed by atoms with van der Waals surface area (Å²) < 4.78 is 0. The topological polar surface area (TPSA) is 74.0 Å². The first kappa shape index (κ1) is 19.2. The lowest BCUT2D eigenvalue weighted by atomic mass is 10.1. The summed E-state index contributed by atoms with van der Waals surface area (Å²) in [5, 5.41) is 6.58. The largest absolute Gasteiger partial charge is 0.361 e. The van der Waals surface area contributed by atoms with Gasteiger partial charge in [0.2, 0.25) is 0 Å². The number of para-hydroxylation sites is 1. The van der Waals surface area contributed by atoms with Crippen LogP contribution in [0.5, 0.6) is 0 Å². The van der Waals surface area contributed by atoms with Crippen molar-refractivity contribution in [2.75, 3.05) is 5.32 Å². The fourth-order valence-electron chi connectivity index (χ4n) is 3.15. The van der Waals surface area contributed by atoms with Gasteiger partial charge in [-0.05, 0) is 43.3 Å². The van der Waals surface area contributed by atoms with Crippen LogP contribution in [0.4, 0.5) is 5.69 Å². The zero-order chi connectivity index (χ0) is 20.9. The van der Waals surface area contributed by atoms with E-state index in [-0.39, 0.29) is 11.6 Å². The number of aryl methyl sites for hydroxylation is 1. The molecule has 0 radical (unpaired) electrons. The van der Waals surface area contributed by atoms with Crippen molar-refractivity contribution >= 4 is 34.5 Å². The summed E-state index contributed by atoms with van der Waals surface area (Å²) in [6.45, 7) is 1.98. The number of anilines is 1. The normalized spacial score (nSPS) is 11.3. The van der Waals surface area contributed by atoms with Crippen LogP contribution in [0, 0.1) is 6.92 Å². The number of carbonyl (C=O) groups excluding carboxylic acids is 2. The van der Waals surface area contributed by atoms with E-state index in [0.29, 0.717) is 11.3 Å². The van der Waals surface area contributed by atoms with Crippen LogP contribution in [-0.2, 0) is 4.79 Å². The molecule has 4 aromatic rings. The Bertz CT molecular complexity index is 1220. The van der Waals surface area contributed by atoms with E-state index in [9.17, 15) is 9.59 Å². The van der Waals surface area contributed by atoms with Crippen LogP contribution in [0.2, 0.25) is 0 Å². The third-order valence-electron chi connectivity index (χ3n) is 4.76. The Labute approximate surface area is 174 Å². The second-order valence-electron chi connectivity index (χ2n) is 6.99. The number of nitrogens with one attached hydrogen (secondary N) is 3. The Morgan fingerprint density at radius 3 is 2.33 bits per heavy atom. The van der Waals surface area contributed by atoms with Crippen molar-refractivity contribution in [1.29, 1.82) is 0 Å². The van der Waals surface area contributed by atoms with Crippen LogP contribution >= 0.6 is 0 Å². The lowest BCUT2D eigenvalue weighted by Gasteiger charge is -2.11. The van der Waals surface area contributed by atoms with Crippen molar-refractivity contribution in [1.82, 2.24) is 10.3 Å². The maximum absolute atomic E-state index is 13.0. The van der Waals surface area contributed by atoms with Gasteiger partial charge in [-0.1, -0.05) is 54.1 Å². The van der Waals surface area contributed by atoms with Gasteiger partial charge in [0.15, 0.2) is 0 Å². The SMILES string of the molecule is Cc1ccc(NC(=O)C(=Cc2c[nH]c3ccccc23)NC(=O)c2ccccc2)cc1. The van der Waals surface area contributed by atoms with E-state index in [4.69, 9.17) is 0 Å². The van der Waals surface area contributed by atoms with Gasteiger partial charge in [-0.15, -0.1) is 0 Å². The highest BCUT2D eigenvalue weighted by Crippen LogP contribution is 2.20. The van der Waals surface area contributed by atoms with Crippen LogP contribution in [0.15, 0.2) is 90.8 Å². The molecule has 1 heterocycles. The summed E-state index contributed by atoms with van der Waals surface area (Å²) >= 11 is 0. The minimum atomic E-state index is -0.395. The number of hydrogen-bond donors (Lipinski definition) is 3. The molecule has 0 saturated carbocycles. The molecule has 148 valence electrons. The third kappa shape index (κ3) is 4.31. The number of rotatable bonds is 5. The summed E-state index contributed by atoms with van der Waals surface area (Å²) in [6.07, 6.45) is 3.50. The highest BCUT2D eigenvalue weighted by atomic mass is 16.2. The molecule has 4 rings (SSSR count). The van der Waals surface area contributed by atoms with E-state index in [2.05, 4.69) is 15.6 Å². The van der Waals surface area contributed by atoms with Crippen LogP contribution in [-0.4, -0.2) is 16.8 Å². The van der Waals surface area contributed by atoms with Crippen molar-refractivity contribution in [3.63, 3.8) is 0 Å². The Balaban J connectivity index is 1.67. The number of aromatic amines is 1. The number of fused-ring (bicyclic) bond motifs is 1. The Morgan fingerprint density at radius 1 is 0.867 bits per heavy atom. The monoisotopic (exact) mass is 395 g/mol. The molecule has 0 aliphatic heterocycles. The van der Waals surface area contributed by atoms with Gasteiger partial charge in [-0.2, -0.15) is 0 Å². The Morgan fingerprint density at radius 2 is 1.57 bits per heavy atom. The fourth-order valence-corrected chi connectivity index (χ4v) is 3.15. The standard InChI is InChI=1S/C25H21N3O2/c1-17-11-13-20(14-12-17)27-25(30)23(28-24(29)18-7-3-2-4-8-18)15-19-16-26-22-10-6-5-9-21(19)22/h2-16,26H,1H3,(H,27,30)(H,28,29). The van der Waals surface area contributed by atoms with Gasteiger partial charge >= 0.3 is 0 Å². The highest BCUT2D eigenvalue weighted by Gasteiger charge is 2.16. The van der Waals surface area contributed by atoms with Crippen LogP contribution < -0.4 is 10.6 Å². The van der Waals surface area contributed by atoms with Gasteiger partial charge < -0.3 is 15.6 Å². The summed E-state index contributed by atoms with van der Waals surface area (Å²) in [5.74, 6) is -0.742. The maximum atomic E-state index is 13.0. The minimum absolute atomic E-state index is 0.161. The zero-order valence-corrected chi connectivity index (χ0v) is 16.5. The molecule has 0 fully saturated rings. The van der Waals surface area contributed by atoms with Crippen LogP contribution in [0.25, 0.3) is 17.0 Å². The molecule has 1 aromatic heterocycles. The molecule has 0 spiro atoms. The molecular weight excluding hydrogens is 374 g/mol. The van der Waals surface area contributed by atoms with Crippen molar-refractivity contribution in [2.24, 2.45) is 0 Å². The van der Waals surface area contributed by atoms with E-state index >= 15 is 0 Å². The molecule has 0 aliphatic carbocycles. The Kier molecular flexibility index (Phi) is 5.44. The molecular formula is C25H21N3O2. The average molecular weight is 395 g/mol. The molecule has 0 bridgehead atoms. The number of carbonyl (C=O) groups is 2. The van der Waals surface area contributed by atoms with Crippen molar-refractivity contribution < 1.29 is 9.59 Å². The van der Waals surface area contributed by atoms with Crippen LogP contribution in [0.3, 0.4) is 0 Å². The number of benzene rings is 3. The summed E-state index contributed by atoms with van der Waals surface area (Å²) in [7, 11) is 0. The van der Waals surface area contributed by atoms with E-state index in [0.717, 1.165) is 22.0 Å². The van der Waals surface area contributed by atoms with Gasteiger partial charge in [-0.25, -0.2) is 0 Å². The number of amides is 2. The van der Waals surface area contributed by atoms with Gasteiger partial charge in [0.1, 0.15) is 5.70 Å². The number of H-pyrrole nitrogens is 1. The second-order valence-corrected chi connectivity index (χ2v) is 6.99. The van der Waals surface area contributed by atoms with Gasteiger partial charge in [0, 0.05) is 33.9 Å². The molecule has 0 atom stereocenters. The zero-order valence-electron chi connectivity index (χ0n) is 16.5. The van der Waals surface area contributed by atoms with E-state index < -0.39 is 5.91 Å². The molecule has 30 heavy (non-hydrogen) atoms. The molecule has 0 unspecified atom stereocenters. The molecule has 5 heteroatoms. The first-order valence-electron chi connectivity index (χ1n) is 9.62. The lowest BCUT2D eigenvalue weighted by Crippen LogP contribution is -2.30. The highest BCUT2D eigenvalue weighted by molar-refractivity contribution is 6.11. The van der Waals surface area contributed by atoms with Crippen molar-refractivity contribution in [2.45, 2.75) is 6.92 Å². The first-order valence-corrected chi connectivity index (χ1v) is 9.62. The van der Waals surface area contributed by atoms with Gasteiger partial charge in [-0.3, -0.25) is 9.59 Å². The molecule has 3 N–H and O–H groups in total. The average Bonchev–Trinajstić information content (AvgIpc) is 3.18. The molecule has 0 aliphatic rings. The van der Waals surface area contributed by atoms with E-state index in [1.165, 1.54) is 0 Å². The van der Waals surface area contributed by atoms with Crippen LogP contribution in [0.1, 0.15) is 21.5 Å². The van der Waals surface area contributed by atoms with Crippen molar-refractivity contribution in [3.8, 4) is 0 Å². The third-order valence-corrected chi connectivity index (χ3v) is 4.76. The predicted molar refractivity (Wildman–Crippen MR) is 120 cm³/mol. The van der Waals surface area contributed by atoms with E-state index in [1.54, 1.807) is 30.3 Å². The fraction of sp³-hybridized carbons (Fsp3) is 0.0400.